The molecule has 0 radical (unpaired) electrons. The molecule has 1 aliphatic heterocycles. The molecule has 2 amide bonds. The van der Waals surface area contributed by atoms with E-state index in [1.807, 2.05) is 31.2 Å². The molecule has 13 heteroatoms. The fourth-order valence-electron chi connectivity index (χ4n) is 5.34. The van der Waals surface area contributed by atoms with E-state index in [0.717, 1.165) is 41.2 Å². The van der Waals surface area contributed by atoms with Crippen LogP contribution in [0, 0.1) is 5.92 Å². The number of alkyl halides is 3. The molecule has 1 fully saturated rings. The topological polar surface area (TPSA) is 93.9 Å². The molecule has 9 nitrogen and oxygen atoms in total. The Hall–Kier alpha value is -4.52. The Morgan fingerprint density at radius 3 is 2.53 bits per heavy atom. The van der Waals surface area contributed by atoms with Crippen molar-refractivity contribution in [3.63, 3.8) is 0 Å². The van der Waals surface area contributed by atoms with Gasteiger partial charge in [0.2, 0.25) is 0 Å². The number of nitrogens with zero attached hydrogens (tertiary/aromatic N) is 5. The largest absolute Gasteiger partial charge is 0.573 e. The number of carbonyl (C=O) groups is 1. The molecule has 2 atom stereocenters. The molecule has 2 aromatic carbocycles. The second-order valence-electron chi connectivity index (χ2n) is 12.2. The molecule has 2 heterocycles. The number of nitrogens with one attached hydrogen (secondary N) is 1. The standard InChI is InChI=1S/C36H43F3N6O3S/c1-8-27(33-41-22-44(43-33)28-11-13-29(14-12-28)48-36(37,38)39)10-9-24(4)19-25(5)21-40-34(46)42-35-45(26(6)17-18-49-35)32-16-15-30(47-7)20-31(32)23(2)3/h8-16,20,22-23,25-26H,1,17-19,21H2,2-7H3,(H,40,46)/b24-9+,27-10+,42-35?. The van der Waals surface area contributed by atoms with Crippen LogP contribution >= 0.6 is 11.8 Å². The first kappa shape index (κ1) is 37.3. The summed E-state index contributed by atoms with van der Waals surface area (Å²) >= 11 is 1.59. The molecule has 1 aromatic heterocycles. The summed E-state index contributed by atoms with van der Waals surface area (Å²) in [5.74, 6) is 2.19. The summed E-state index contributed by atoms with van der Waals surface area (Å²) in [6, 6.07) is 11.2. The number of methoxy groups -OCH3 is 1. The number of benzene rings is 2. The zero-order chi connectivity index (χ0) is 35.7. The minimum Gasteiger partial charge on any atom is -0.497 e. The zero-order valence-corrected chi connectivity index (χ0v) is 29.4. The highest BCUT2D eigenvalue weighted by molar-refractivity contribution is 8.14. The van der Waals surface area contributed by atoms with Gasteiger partial charge < -0.3 is 19.7 Å². The zero-order valence-electron chi connectivity index (χ0n) is 28.6. The van der Waals surface area contributed by atoms with Gasteiger partial charge >= 0.3 is 12.4 Å². The van der Waals surface area contributed by atoms with Crippen LogP contribution in [0.3, 0.4) is 0 Å². The molecular formula is C36H43F3N6O3S. The van der Waals surface area contributed by atoms with Crippen molar-refractivity contribution in [3.8, 4) is 17.2 Å². The number of anilines is 1. The Morgan fingerprint density at radius 1 is 1.16 bits per heavy atom. The number of halogens is 3. The third-order valence-corrected chi connectivity index (χ3v) is 8.84. The molecule has 49 heavy (non-hydrogen) atoms. The number of aromatic nitrogens is 3. The lowest BCUT2D eigenvalue weighted by Crippen LogP contribution is -2.43. The minimum atomic E-state index is -4.76. The first-order valence-corrected chi connectivity index (χ1v) is 17.0. The fraction of sp³-hybridized carbons (Fsp3) is 0.389. The summed E-state index contributed by atoms with van der Waals surface area (Å²) in [4.78, 5) is 24.0. The number of aliphatic imine (C=N–C) groups is 1. The Kier molecular flexibility index (Phi) is 12.7. The highest BCUT2D eigenvalue weighted by Crippen LogP contribution is 2.37. The maximum absolute atomic E-state index is 13.0. The monoisotopic (exact) mass is 696 g/mol. The molecule has 0 aliphatic carbocycles. The van der Waals surface area contributed by atoms with Crippen LogP contribution in [-0.4, -0.2) is 57.8 Å². The molecule has 0 saturated carbocycles. The van der Waals surface area contributed by atoms with Crippen molar-refractivity contribution >= 4 is 34.2 Å². The first-order valence-electron chi connectivity index (χ1n) is 16.0. The molecule has 3 aromatic rings. The summed E-state index contributed by atoms with van der Waals surface area (Å²) < 4.78 is 48.2. The van der Waals surface area contributed by atoms with Crippen molar-refractivity contribution in [2.24, 2.45) is 10.9 Å². The molecule has 2 unspecified atom stereocenters. The van der Waals surface area contributed by atoms with Gasteiger partial charge in [0.15, 0.2) is 11.0 Å². The average Bonchev–Trinajstić information content (AvgIpc) is 3.54. The van der Waals surface area contributed by atoms with Crippen molar-refractivity contribution in [1.82, 2.24) is 20.1 Å². The van der Waals surface area contributed by atoms with E-state index in [9.17, 15) is 18.0 Å². The number of amidine groups is 1. The summed E-state index contributed by atoms with van der Waals surface area (Å²) in [5, 5.41) is 8.12. The molecular weight excluding hydrogens is 653 g/mol. The normalized spacial score (nSPS) is 17.3. The molecule has 1 N–H and O–H groups in total. The highest BCUT2D eigenvalue weighted by Gasteiger charge is 2.31. The van der Waals surface area contributed by atoms with Gasteiger partial charge in [-0.2, -0.15) is 4.99 Å². The maximum atomic E-state index is 13.0. The van der Waals surface area contributed by atoms with Gasteiger partial charge in [-0.3, -0.25) is 0 Å². The lowest BCUT2D eigenvalue weighted by molar-refractivity contribution is -0.274. The van der Waals surface area contributed by atoms with Gasteiger partial charge in [-0.15, -0.1) is 18.3 Å². The highest BCUT2D eigenvalue weighted by atomic mass is 32.2. The lowest BCUT2D eigenvalue weighted by Gasteiger charge is -2.37. The van der Waals surface area contributed by atoms with E-state index in [1.54, 1.807) is 24.9 Å². The van der Waals surface area contributed by atoms with Crippen molar-refractivity contribution < 1.29 is 27.4 Å². The van der Waals surface area contributed by atoms with Crippen LogP contribution in [0.25, 0.3) is 11.3 Å². The van der Waals surface area contributed by atoms with Gasteiger partial charge in [0.25, 0.3) is 0 Å². The Labute approximate surface area is 290 Å². The number of rotatable bonds is 12. The maximum Gasteiger partial charge on any atom is 0.573 e. The average molecular weight is 697 g/mol. The van der Waals surface area contributed by atoms with E-state index in [0.29, 0.717) is 28.8 Å². The third-order valence-electron chi connectivity index (χ3n) is 7.85. The van der Waals surface area contributed by atoms with Crippen LogP contribution in [0.5, 0.6) is 11.5 Å². The van der Waals surface area contributed by atoms with Gasteiger partial charge in [-0.05, 0) is 86.6 Å². The molecule has 1 aliphatic rings. The number of hydrogen-bond donors (Lipinski definition) is 1. The van der Waals surface area contributed by atoms with E-state index in [4.69, 9.17) is 4.74 Å². The van der Waals surface area contributed by atoms with Crippen molar-refractivity contribution in [1.29, 1.82) is 0 Å². The Bertz CT molecular complexity index is 1700. The Morgan fingerprint density at radius 2 is 1.88 bits per heavy atom. The molecule has 262 valence electrons. The van der Waals surface area contributed by atoms with Crippen molar-refractivity contribution in [3.05, 3.63) is 90.6 Å². The second-order valence-corrected chi connectivity index (χ2v) is 13.3. The van der Waals surface area contributed by atoms with E-state index in [2.05, 4.69) is 70.4 Å². The van der Waals surface area contributed by atoms with Crippen LogP contribution in [0.2, 0.25) is 0 Å². The van der Waals surface area contributed by atoms with Crippen LogP contribution < -0.4 is 19.7 Å². The van der Waals surface area contributed by atoms with Gasteiger partial charge in [0.1, 0.15) is 17.8 Å². The number of amides is 2. The number of carbonyl (C=O) groups excluding carboxylic acids is 1. The Balaban J connectivity index is 1.36. The predicted molar refractivity (Wildman–Crippen MR) is 191 cm³/mol. The number of ether oxygens (including phenoxy) is 2. The van der Waals surface area contributed by atoms with Crippen LogP contribution in [0.15, 0.2) is 84.2 Å². The number of hydrogen-bond acceptors (Lipinski definition) is 6. The van der Waals surface area contributed by atoms with Gasteiger partial charge in [-0.25, -0.2) is 14.5 Å². The van der Waals surface area contributed by atoms with Gasteiger partial charge in [0.05, 0.1) is 12.8 Å². The summed E-state index contributed by atoms with van der Waals surface area (Å²) in [6.07, 6.45) is 3.88. The van der Waals surface area contributed by atoms with E-state index >= 15 is 0 Å². The van der Waals surface area contributed by atoms with Gasteiger partial charge in [0, 0.05) is 29.6 Å². The van der Waals surface area contributed by atoms with E-state index in [-0.39, 0.29) is 29.7 Å². The number of thioether (sulfide) groups is 1. The quantitative estimate of drug-likeness (QED) is 0.189. The van der Waals surface area contributed by atoms with Crippen molar-refractivity contribution in [2.75, 3.05) is 24.3 Å². The van der Waals surface area contributed by atoms with Crippen LogP contribution in [0.4, 0.5) is 23.7 Å². The van der Waals surface area contributed by atoms with Crippen LogP contribution in [0.1, 0.15) is 64.8 Å². The minimum absolute atomic E-state index is 0.144. The predicted octanol–water partition coefficient (Wildman–Crippen LogP) is 8.94. The van der Waals surface area contributed by atoms with Gasteiger partial charge in [-0.1, -0.05) is 62.9 Å². The van der Waals surface area contributed by atoms with E-state index < -0.39 is 6.36 Å². The fourth-order valence-corrected chi connectivity index (χ4v) is 6.55. The summed E-state index contributed by atoms with van der Waals surface area (Å²) in [5.41, 5.74) is 4.46. The molecule has 4 rings (SSSR count). The van der Waals surface area contributed by atoms with Crippen molar-refractivity contribution in [2.45, 2.75) is 65.8 Å². The lowest BCUT2D eigenvalue weighted by atomic mass is 9.99. The summed E-state index contributed by atoms with van der Waals surface area (Å²) in [6.45, 7) is 14.8. The second kappa shape index (κ2) is 16.7. The number of urea groups is 1. The molecule has 0 spiro atoms. The van der Waals surface area contributed by atoms with Crippen LogP contribution in [-0.2, 0) is 0 Å². The third kappa shape index (κ3) is 10.5. The first-order chi connectivity index (χ1) is 23.3. The molecule has 0 bridgehead atoms. The number of allylic oxidation sites excluding steroid dienone is 5. The van der Waals surface area contributed by atoms with E-state index in [1.165, 1.54) is 35.3 Å². The SMILES string of the molecule is C=C/C(=C\C=C(/C)CC(C)CNC(=O)N=C1SCCC(C)N1c1ccc(OC)cc1C(C)C)c1ncn(-c2ccc(OC(F)(F)F)cc2)n1. The molecule has 1 saturated heterocycles. The smallest absolute Gasteiger partial charge is 0.497 e. The summed E-state index contributed by atoms with van der Waals surface area (Å²) in [7, 11) is 1.66.